The number of carbonyl (C=O) groups is 12. The molecule has 132 heavy (non-hydrogen) atoms. The maximum absolute atomic E-state index is 11.4. The predicted octanol–water partition coefficient (Wildman–Crippen LogP) is -2.51. The molecule has 780 valence electrons. The van der Waals surface area contributed by atoms with E-state index in [1.165, 1.54) is 0 Å². The van der Waals surface area contributed by atoms with Crippen LogP contribution in [-0.2, 0) is 140 Å². The standard InChI is InChI=1S/6C11H21NO4.C6H18O24P6/c6*1-8(2)11(15)16-9(6-10(13)14)7-12(3,4)5;7-31(8,9)25-1-2(26-32(10,11)12)4(28-34(16,17)18)6(30-36(22,23)24)5(29-35(19,20)21)3(1)27-33(13,14)15/h6*8-9H,6-7H2,1-5H3;1-6H,(H2,7,8,9)(H2,10,11,12)(H2,13,14,15)(H2,16,17,18)(H2,19,20,21)(H2,22,23,24)/t6*9-;/m111111./s1. The first-order valence-electron chi connectivity index (χ1n) is 40.0. The van der Waals surface area contributed by atoms with Crippen molar-refractivity contribution in [3.05, 3.63) is 0 Å². The highest BCUT2D eigenvalue weighted by atomic mass is 31.2. The van der Waals surface area contributed by atoms with Gasteiger partial charge in [-0.05, 0) is 0 Å². The SMILES string of the molecule is CC(C)C(=O)O[C@H](CC(=O)O)C[N+](C)(C)C.CC(C)C(=O)O[C@H](CC(=O)O)C[N+](C)(C)C.CC(C)C(=O)O[C@H](CC(=O)O)C[N+](C)(C)C.CC(C)C(=O)O[C@H](CC(=O)O)C[N+](C)(C)C.CC(C)C(=O)O[C@H](CC(=O)O)C[N+](C)(C)C.CC(C)C(=O)O[C@H](CC(=O)O)C[N+](C)(C)C.O=P([O-])(O)OC1C(OP(=O)([O-])O)C(OP(=O)([O-])O)C(OP(=O)([O-])O)C(OP(=O)([O-])O)C1OP(=O)([O-])O. The fraction of sp³-hybridized carbons (Fsp3) is 0.833. The Hall–Kier alpha value is -5.94. The van der Waals surface area contributed by atoms with E-state index in [1.807, 2.05) is 127 Å². The number of carboxylic acids is 6. The van der Waals surface area contributed by atoms with Crippen LogP contribution in [0.2, 0.25) is 0 Å². The number of aliphatic carboxylic acids is 6. The fourth-order valence-electron chi connectivity index (χ4n) is 10.3. The molecular formula is C72H144N6O48P6. The summed E-state index contributed by atoms with van der Waals surface area (Å²) in [6.07, 6.45) is -24.4. The van der Waals surface area contributed by atoms with Crippen LogP contribution in [0.5, 0.6) is 0 Å². The second-order valence-corrected chi connectivity index (χ2v) is 44.8. The fourth-order valence-corrected chi connectivity index (χ4v) is 13.5. The summed E-state index contributed by atoms with van der Waals surface area (Å²) >= 11 is 0. The number of carboxylic acid groups (broad SMARTS) is 6. The van der Waals surface area contributed by atoms with E-state index < -0.39 is 156 Å². The van der Waals surface area contributed by atoms with Crippen LogP contribution < -0.4 is 29.4 Å². The average Bonchev–Trinajstić information content (AvgIpc) is 0.742. The van der Waals surface area contributed by atoms with Crippen molar-refractivity contribution in [1.29, 1.82) is 0 Å². The maximum atomic E-state index is 11.4. The Labute approximate surface area is 768 Å². The second-order valence-electron chi connectivity index (χ2n) is 37.9. The van der Waals surface area contributed by atoms with Gasteiger partial charge in [-0.3, -0.25) is 84.9 Å². The Morgan fingerprint density at radius 2 is 0.303 bits per heavy atom. The van der Waals surface area contributed by atoms with Gasteiger partial charge >= 0.3 is 71.6 Å². The van der Waals surface area contributed by atoms with Crippen LogP contribution in [-0.4, -0.2) is 398 Å². The van der Waals surface area contributed by atoms with Gasteiger partial charge in [0, 0.05) is 0 Å². The van der Waals surface area contributed by atoms with Crippen molar-refractivity contribution in [3.63, 3.8) is 0 Å². The highest BCUT2D eigenvalue weighted by Crippen LogP contribution is 2.54. The lowest BCUT2D eigenvalue weighted by molar-refractivity contribution is -0.873. The maximum Gasteiger partial charge on any atom is 0.308 e. The van der Waals surface area contributed by atoms with Gasteiger partial charge in [0.15, 0.2) is 36.6 Å². The Bertz CT molecular complexity index is 3260. The third kappa shape index (κ3) is 83.4. The molecule has 0 heterocycles. The molecule has 12 atom stereocenters. The molecule has 12 N–H and O–H groups in total. The summed E-state index contributed by atoms with van der Waals surface area (Å²) in [6.45, 7) is 23.7. The molecule has 0 aromatic heterocycles. The van der Waals surface area contributed by atoms with E-state index in [0.29, 0.717) is 66.2 Å². The third-order valence-corrected chi connectivity index (χ3v) is 18.0. The normalized spacial score (nSPS) is 20.1. The van der Waals surface area contributed by atoms with Crippen molar-refractivity contribution in [3.8, 4) is 0 Å². The minimum absolute atomic E-state index is 0.145. The summed E-state index contributed by atoms with van der Waals surface area (Å²) in [6, 6.07) is 0. The van der Waals surface area contributed by atoms with Crippen LogP contribution in [0.15, 0.2) is 0 Å². The van der Waals surface area contributed by atoms with Crippen LogP contribution in [0, 0.1) is 35.5 Å². The van der Waals surface area contributed by atoms with E-state index in [-0.39, 0.29) is 110 Å². The highest BCUT2D eigenvalue weighted by molar-refractivity contribution is 7.46. The summed E-state index contributed by atoms with van der Waals surface area (Å²) in [7, 11) is -3.38. The number of phosphoric acid groups is 6. The summed E-state index contributed by atoms with van der Waals surface area (Å²) in [5.41, 5.74) is 0. The van der Waals surface area contributed by atoms with Gasteiger partial charge in [0.05, 0.1) is 201 Å². The van der Waals surface area contributed by atoms with Gasteiger partial charge in [-0.25, -0.2) is 0 Å². The van der Waals surface area contributed by atoms with Crippen molar-refractivity contribution in [2.45, 2.75) is 195 Å². The largest absolute Gasteiger partial charge is 0.756 e. The second kappa shape index (κ2) is 59.4. The number of phosphoric ester groups is 6. The van der Waals surface area contributed by atoms with Crippen LogP contribution in [0.3, 0.4) is 0 Å². The molecule has 1 aliphatic carbocycles. The van der Waals surface area contributed by atoms with Gasteiger partial charge in [-0.15, -0.1) is 0 Å². The lowest BCUT2D eigenvalue weighted by Gasteiger charge is -2.52. The Kier molecular flexibility index (Phi) is 61.5. The number of nitrogens with zero attached hydrogens (tertiary/aromatic N) is 6. The molecule has 0 spiro atoms. The molecule has 0 bridgehead atoms. The average molecular weight is 2050 g/mol. The zero-order valence-corrected chi connectivity index (χ0v) is 85.7. The molecular weight excluding hydrogens is 1900 g/mol. The number of quaternary nitrogens is 6. The Balaban J connectivity index is -0.000000363. The highest BCUT2D eigenvalue weighted by Gasteiger charge is 2.60. The van der Waals surface area contributed by atoms with Crippen molar-refractivity contribution in [2.75, 3.05) is 166 Å². The smallest absolute Gasteiger partial charge is 0.308 e. The van der Waals surface area contributed by atoms with E-state index in [9.17, 15) is 114 Å². The molecule has 60 heteroatoms. The van der Waals surface area contributed by atoms with Crippen LogP contribution in [0.25, 0.3) is 0 Å². The van der Waals surface area contributed by atoms with E-state index >= 15 is 0 Å². The van der Waals surface area contributed by atoms with Crippen LogP contribution in [0.4, 0.5) is 0 Å². The molecule has 1 fully saturated rings. The van der Waals surface area contributed by atoms with Gasteiger partial charge < -0.3 is 172 Å². The Morgan fingerprint density at radius 1 is 0.220 bits per heavy atom. The van der Waals surface area contributed by atoms with Gasteiger partial charge in [0.25, 0.3) is 46.9 Å². The number of ether oxygens (including phenoxy) is 6. The molecule has 0 aromatic carbocycles. The van der Waals surface area contributed by atoms with Crippen LogP contribution >= 0.6 is 46.9 Å². The minimum Gasteiger partial charge on any atom is -0.756 e. The number of likely N-dealkylation sites (N-methyl/N-ethyl adjacent to an activating group) is 6. The van der Waals surface area contributed by atoms with Crippen molar-refractivity contribution in [2.24, 2.45) is 35.5 Å². The zero-order chi connectivity index (χ0) is 106. The van der Waals surface area contributed by atoms with E-state index in [4.69, 9.17) is 88.4 Å². The molecule has 1 rings (SSSR count). The number of hydrogen-bond acceptors (Lipinski definition) is 36. The summed E-state index contributed by atoms with van der Waals surface area (Å²) < 4.78 is 125. The molecule has 0 aliphatic heterocycles. The van der Waals surface area contributed by atoms with Crippen molar-refractivity contribution < 1.29 is 257 Å². The van der Waals surface area contributed by atoms with Crippen molar-refractivity contribution >= 4 is 119 Å². The summed E-state index contributed by atoms with van der Waals surface area (Å²) in [5, 5.41) is 52.4. The molecule has 54 nitrogen and oxygen atoms in total. The first-order valence-corrected chi connectivity index (χ1v) is 48.9. The van der Waals surface area contributed by atoms with E-state index in [0.717, 1.165) is 0 Å². The van der Waals surface area contributed by atoms with Gasteiger partial charge in [-0.1, -0.05) is 83.1 Å². The third-order valence-electron chi connectivity index (χ3n) is 14.9. The van der Waals surface area contributed by atoms with Crippen LogP contribution in [0.1, 0.15) is 122 Å². The molecule has 0 saturated heterocycles. The topological polar surface area (TPSA) is 799 Å². The van der Waals surface area contributed by atoms with Gasteiger partial charge in [-0.2, -0.15) is 0 Å². The van der Waals surface area contributed by atoms with Gasteiger partial charge in [0.1, 0.15) is 75.9 Å². The lowest BCUT2D eigenvalue weighted by atomic mass is 9.85. The Morgan fingerprint density at radius 3 is 0.356 bits per heavy atom. The monoisotopic (exact) mass is 2050 g/mol. The zero-order valence-electron chi connectivity index (χ0n) is 80.3. The molecule has 0 aromatic rings. The first kappa shape index (κ1) is 137. The number of carbonyl (C=O) groups excluding carboxylic acids is 6. The number of rotatable bonds is 48. The lowest BCUT2D eigenvalue weighted by Crippen LogP contribution is -2.67. The quantitative estimate of drug-likeness (QED) is 0.0130. The molecule has 0 amide bonds. The predicted molar refractivity (Wildman–Crippen MR) is 447 cm³/mol. The summed E-state index contributed by atoms with van der Waals surface area (Å²) in [4.78, 5) is 254. The van der Waals surface area contributed by atoms with Crippen molar-refractivity contribution in [1.82, 2.24) is 0 Å². The minimum atomic E-state index is -6.35. The molecule has 1 saturated carbocycles. The van der Waals surface area contributed by atoms with E-state index in [2.05, 4.69) is 27.1 Å². The number of hydrogen-bond donors (Lipinski definition) is 12. The van der Waals surface area contributed by atoms with E-state index in [1.54, 1.807) is 83.1 Å². The molecule has 1 aliphatic rings. The number of esters is 6. The summed E-state index contributed by atoms with van der Waals surface area (Å²) in [5.74, 6) is -9.18. The molecule has 6 unspecified atom stereocenters. The van der Waals surface area contributed by atoms with Gasteiger partial charge in [0.2, 0.25) is 0 Å². The first-order chi connectivity index (χ1) is 58.3. The molecule has 0 radical (unpaired) electrons.